The molecule has 0 radical (unpaired) electrons. The molecule has 1 N–H and O–H groups in total. The van der Waals surface area contributed by atoms with Crippen molar-refractivity contribution in [3.63, 3.8) is 0 Å². The molecule has 0 unspecified atom stereocenters. The molecule has 4 heterocycles. The van der Waals surface area contributed by atoms with E-state index in [1.165, 1.54) is 41.5 Å². The van der Waals surface area contributed by atoms with Crippen LogP contribution >= 0.6 is 0 Å². The monoisotopic (exact) mass is 490 g/mol. The molecule has 0 aliphatic carbocycles. The van der Waals surface area contributed by atoms with Crippen LogP contribution in [0.15, 0.2) is 71.9 Å². The summed E-state index contributed by atoms with van der Waals surface area (Å²) in [4.78, 5) is 13.9. The van der Waals surface area contributed by atoms with Gasteiger partial charge in [0.1, 0.15) is 5.75 Å². The van der Waals surface area contributed by atoms with Crippen molar-refractivity contribution in [1.82, 2.24) is 18.8 Å². The van der Waals surface area contributed by atoms with E-state index in [2.05, 4.69) is 44.3 Å². The molecule has 2 aliphatic rings. The lowest BCUT2D eigenvalue weighted by Crippen LogP contribution is -2.44. The zero-order chi connectivity index (χ0) is 24.2. The number of fused-ring (bicyclic) bond motifs is 3. The Morgan fingerprint density at radius 2 is 1.89 bits per heavy atom. The van der Waals surface area contributed by atoms with Crippen LogP contribution in [-0.2, 0) is 10.0 Å². The molecule has 2 aliphatic heterocycles. The van der Waals surface area contributed by atoms with Crippen molar-refractivity contribution in [1.29, 1.82) is 0 Å². The van der Waals surface area contributed by atoms with Gasteiger partial charge in [0.25, 0.3) is 10.0 Å². The first-order valence-electron chi connectivity index (χ1n) is 11.5. The molecule has 2 bridgehead atoms. The van der Waals surface area contributed by atoms with Gasteiger partial charge in [-0.15, -0.1) is 0 Å². The van der Waals surface area contributed by atoms with Crippen LogP contribution in [0, 0.1) is 0 Å². The Morgan fingerprint density at radius 1 is 1.06 bits per heavy atom. The molecule has 9 nitrogen and oxygen atoms in total. The van der Waals surface area contributed by atoms with E-state index in [0.29, 0.717) is 34.8 Å². The van der Waals surface area contributed by atoms with Gasteiger partial charge < -0.3 is 15.0 Å². The second-order valence-corrected chi connectivity index (χ2v) is 10.9. The molecule has 10 heteroatoms. The first-order valence-corrected chi connectivity index (χ1v) is 12.9. The Morgan fingerprint density at radius 3 is 2.60 bits per heavy atom. The van der Waals surface area contributed by atoms with E-state index in [-0.39, 0.29) is 4.90 Å². The molecule has 2 fully saturated rings. The van der Waals surface area contributed by atoms with Crippen LogP contribution in [0.4, 0.5) is 17.3 Å². The predicted octanol–water partition coefficient (Wildman–Crippen LogP) is 3.31. The Kier molecular flexibility index (Phi) is 5.15. The number of nitrogens with one attached hydrogen (secondary N) is 1. The van der Waals surface area contributed by atoms with Gasteiger partial charge in [0.2, 0.25) is 5.95 Å². The molecule has 2 saturated heterocycles. The van der Waals surface area contributed by atoms with E-state index in [1.807, 2.05) is 12.1 Å². The number of rotatable bonds is 6. The summed E-state index contributed by atoms with van der Waals surface area (Å²) in [6.07, 6.45) is 4.34. The maximum absolute atomic E-state index is 13.3. The normalized spacial score (nSPS) is 20.0. The van der Waals surface area contributed by atoms with Gasteiger partial charge in [-0.25, -0.2) is 17.4 Å². The van der Waals surface area contributed by atoms with Gasteiger partial charge in [-0.2, -0.15) is 4.98 Å². The molecule has 0 amide bonds. The maximum atomic E-state index is 13.3. The topological polar surface area (TPSA) is 92.6 Å². The average molecular weight is 491 g/mol. The highest BCUT2D eigenvalue weighted by molar-refractivity contribution is 7.90. The number of likely N-dealkylation sites (N-methyl/N-ethyl adjacent to an activating group) is 1. The van der Waals surface area contributed by atoms with E-state index in [1.54, 1.807) is 24.4 Å². The number of ether oxygens (including phenoxy) is 1. The lowest BCUT2D eigenvalue weighted by Gasteiger charge is -2.33. The summed E-state index contributed by atoms with van der Waals surface area (Å²) in [5.41, 5.74) is 2.35. The van der Waals surface area contributed by atoms with Crippen LogP contribution in [0.1, 0.15) is 6.42 Å². The number of benzene rings is 2. The molecular formula is C25H26N6O3S. The number of hydrogen-bond acceptors (Lipinski definition) is 8. The summed E-state index contributed by atoms with van der Waals surface area (Å²) in [5.74, 6) is 0.796. The number of hydrogen-bond donors (Lipinski definition) is 1. The number of methoxy groups -OCH3 is 1. The van der Waals surface area contributed by atoms with Crippen LogP contribution in [0.2, 0.25) is 0 Å². The van der Waals surface area contributed by atoms with Crippen LogP contribution in [-0.4, -0.2) is 66.6 Å². The minimum Gasteiger partial charge on any atom is -0.497 e. The Hall–Kier alpha value is -3.63. The van der Waals surface area contributed by atoms with Crippen LogP contribution < -0.4 is 15.0 Å². The van der Waals surface area contributed by atoms with Gasteiger partial charge in [0.05, 0.1) is 12.0 Å². The summed E-state index contributed by atoms with van der Waals surface area (Å²) in [6.45, 7) is 2.17. The van der Waals surface area contributed by atoms with Gasteiger partial charge in [0, 0.05) is 60.4 Å². The first-order chi connectivity index (χ1) is 16.9. The maximum Gasteiger partial charge on any atom is 0.269 e. The van der Waals surface area contributed by atoms with Crippen molar-refractivity contribution in [3.05, 3.63) is 67.0 Å². The molecule has 2 atom stereocenters. The van der Waals surface area contributed by atoms with E-state index in [4.69, 9.17) is 4.74 Å². The summed E-state index contributed by atoms with van der Waals surface area (Å²) >= 11 is 0. The third-order valence-electron chi connectivity index (χ3n) is 6.96. The molecule has 6 rings (SSSR count). The molecule has 0 spiro atoms. The number of piperazine rings is 1. The van der Waals surface area contributed by atoms with Crippen molar-refractivity contribution >= 4 is 38.4 Å². The van der Waals surface area contributed by atoms with Crippen molar-refractivity contribution in [3.8, 4) is 5.75 Å². The van der Waals surface area contributed by atoms with Crippen molar-refractivity contribution in [2.45, 2.75) is 23.4 Å². The smallest absolute Gasteiger partial charge is 0.269 e. The van der Waals surface area contributed by atoms with E-state index in [9.17, 15) is 8.42 Å². The second-order valence-electron chi connectivity index (χ2n) is 9.08. The minimum atomic E-state index is -3.86. The van der Waals surface area contributed by atoms with Gasteiger partial charge in [0.15, 0.2) is 5.65 Å². The number of aromatic nitrogens is 3. The van der Waals surface area contributed by atoms with Crippen molar-refractivity contribution in [2.75, 3.05) is 37.5 Å². The van der Waals surface area contributed by atoms with Crippen LogP contribution in [0.5, 0.6) is 5.75 Å². The summed E-state index contributed by atoms with van der Waals surface area (Å²) < 4.78 is 33.0. The second kappa shape index (κ2) is 8.24. The molecule has 2 aromatic heterocycles. The molecular weight excluding hydrogens is 464 g/mol. The predicted molar refractivity (Wildman–Crippen MR) is 135 cm³/mol. The highest BCUT2D eigenvalue weighted by Gasteiger charge is 2.41. The standard InChI is InChI=1S/C25H26N6O3S/c1-29-15-21-12-20(29)16-30(21)19-8-6-18(7-9-19)27-25-26-14-17-10-11-31(24(17)28-25)35(32,33)23-5-3-4-22(13-23)34-2/h3-11,13-14,20-21H,12,15-16H2,1-2H3,(H,26,27,28)/t20-,21-/m0/s1. The summed E-state index contributed by atoms with van der Waals surface area (Å²) in [5, 5.41) is 3.84. The van der Waals surface area contributed by atoms with E-state index in [0.717, 1.165) is 18.8 Å². The third-order valence-corrected chi connectivity index (χ3v) is 8.62. The summed E-state index contributed by atoms with van der Waals surface area (Å²) in [7, 11) is -0.157. The van der Waals surface area contributed by atoms with E-state index >= 15 is 0 Å². The Balaban J connectivity index is 1.25. The average Bonchev–Trinajstić information content (AvgIpc) is 3.58. The van der Waals surface area contributed by atoms with Gasteiger partial charge in [-0.3, -0.25) is 4.90 Å². The van der Waals surface area contributed by atoms with Crippen LogP contribution in [0.25, 0.3) is 11.0 Å². The van der Waals surface area contributed by atoms with Gasteiger partial charge >= 0.3 is 0 Å². The number of nitrogens with zero attached hydrogens (tertiary/aromatic N) is 5. The minimum absolute atomic E-state index is 0.125. The number of anilines is 3. The molecule has 4 aromatic rings. The van der Waals surface area contributed by atoms with Gasteiger partial charge in [-0.05, 0) is 55.9 Å². The zero-order valence-corrected chi connectivity index (χ0v) is 20.3. The van der Waals surface area contributed by atoms with E-state index < -0.39 is 10.0 Å². The fraction of sp³-hybridized carbons (Fsp3) is 0.280. The lowest BCUT2D eigenvalue weighted by atomic mass is 10.2. The van der Waals surface area contributed by atoms with Crippen molar-refractivity contribution < 1.29 is 13.2 Å². The first kappa shape index (κ1) is 21.9. The Labute approximate surface area is 204 Å². The lowest BCUT2D eigenvalue weighted by molar-refractivity contribution is 0.292. The SMILES string of the molecule is COc1cccc(S(=O)(=O)n2ccc3cnc(Nc4ccc(N5C[C@@H]6C[C@H]5CN6C)cc4)nc32)c1. The molecule has 0 saturated carbocycles. The summed E-state index contributed by atoms with van der Waals surface area (Å²) in [6, 6.07) is 17.5. The highest BCUT2D eigenvalue weighted by atomic mass is 32.2. The molecule has 2 aromatic carbocycles. The molecule has 180 valence electrons. The Bertz CT molecular complexity index is 1500. The van der Waals surface area contributed by atoms with Crippen LogP contribution in [0.3, 0.4) is 0 Å². The fourth-order valence-corrected chi connectivity index (χ4v) is 6.41. The largest absolute Gasteiger partial charge is 0.497 e. The number of likely N-dealkylation sites (tertiary alicyclic amines) is 1. The molecule has 35 heavy (non-hydrogen) atoms. The van der Waals surface area contributed by atoms with Gasteiger partial charge in [-0.1, -0.05) is 6.07 Å². The van der Waals surface area contributed by atoms with Crippen molar-refractivity contribution in [2.24, 2.45) is 0 Å². The third kappa shape index (κ3) is 3.78. The quantitative estimate of drug-likeness (QED) is 0.440. The fourth-order valence-electron chi connectivity index (χ4n) is 5.07. The zero-order valence-electron chi connectivity index (χ0n) is 19.5. The highest BCUT2D eigenvalue weighted by Crippen LogP contribution is 2.34.